The van der Waals surface area contributed by atoms with Crippen LogP contribution in [0.15, 0.2) is 42.5 Å². The molecule has 0 aromatic heterocycles. The zero-order chi connectivity index (χ0) is 22.4. The summed E-state index contributed by atoms with van der Waals surface area (Å²) in [5.74, 6) is 1.65. The fraction of sp³-hybridized carbons (Fsp3) is 0.360. The lowest BCUT2D eigenvalue weighted by Crippen LogP contribution is -2.24. The van der Waals surface area contributed by atoms with Crippen molar-refractivity contribution in [3.05, 3.63) is 53.6 Å². The summed E-state index contributed by atoms with van der Waals surface area (Å²) in [6.07, 6.45) is 4.69. The van der Waals surface area contributed by atoms with Gasteiger partial charge in [0.25, 0.3) is 0 Å². The Kier molecular flexibility index (Phi) is 7.34. The summed E-state index contributed by atoms with van der Waals surface area (Å²) in [6, 6.07) is 11.2. The maximum Gasteiger partial charge on any atom is 0.248 e. The van der Waals surface area contributed by atoms with Gasteiger partial charge >= 0.3 is 0 Å². The molecule has 0 spiro atoms. The number of rotatable bonds is 8. The van der Waals surface area contributed by atoms with Gasteiger partial charge in [-0.25, -0.2) is 0 Å². The van der Waals surface area contributed by atoms with Gasteiger partial charge in [0, 0.05) is 30.4 Å². The van der Waals surface area contributed by atoms with Gasteiger partial charge in [-0.2, -0.15) is 0 Å². The molecular formula is C25H30N2O4. The lowest BCUT2D eigenvalue weighted by atomic mass is 10.1. The highest BCUT2D eigenvalue weighted by molar-refractivity contribution is 6.02. The summed E-state index contributed by atoms with van der Waals surface area (Å²) in [5, 5.41) is 2.87. The Morgan fingerprint density at radius 1 is 1.19 bits per heavy atom. The van der Waals surface area contributed by atoms with Gasteiger partial charge in [0.1, 0.15) is 0 Å². The highest BCUT2D eigenvalue weighted by Crippen LogP contribution is 2.29. The minimum atomic E-state index is -0.233. The second-order valence-corrected chi connectivity index (χ2v) is 8.09. The SMILES string of the molecule is COc1cc(/C=C/C(=O)Nc2ccc(N3CCCC3=O)c(C)c2)ccc1OCC(C)C. The highest BCUT2D eigenvalue weighted by Gasteiger charge is 2.22. The Balaban J connectivity index is 1.64. The molecule has 1 saturated heterocycles. The van der Waals surface area contributed by atoms with E-state index < -0.39 is 0 Å². The molecule has 1 aliphatic rings. The van der Waals surface area contributed by atoms with E-state index in [0.717, 1.165) is 29.8 Å². The van der Waals surface area contributed by atoms with Crippen LogP contribution in [0.25, 0.3) is 6.08 Å². The molecule has 1 aliphatic heterocycles. The molecule has 2 amide bonds. The summed E-state index contributed by atoms with van der Waals surface area (Å²) in [4.78, 5) is 26.2. The predicted molar refractivity (Wildman–Crippen MR) is 124 cm³/mol. The number of benzene rings is 2. The predicted octanol–water partition coefficient (Wildman–Crippen LogP) is 4.82. The van der Waals surface area contributed by atoms with Gasteiger partial charge in [-0.1, -0.05) is 19.9 Å². The maximum atomic E-state index is 12.4. The first-order valence-electron chi connectivity index (χ1n) is 10.6. The van der Waals surface area contributed by atoms with E-state index in [4.69, 9.17) is 9.47 Å². The first-order valence-corrected chi connectivity index (χ1v) is 10.6. The topological polar surface area (TPSA) is 67.9 Å². The van der Waals surface area contributed by atoms with Crippen molar-refractivity contribution in [2.24, 2.45) is 5.92 Å². The molecule has 1 N–H and O–H groups in total. The fourth-order valence-corrected chi connectivity index (χ4v) is 3.46. The van der Waals surface area contributed by atoms with Crippen LogP contribution < -0.4 is 19.7 Å². The summed E-state index contributed by atoms with van der Waals surface area (Å²) in [7, 11) is 1.60. The minimum Gasteiger partial charge on any atom is -0.493 e. The van der Waals surface area contributed by atoms with Gasteiger partial charge in [-0.3, -0.25) is 9.59 Å². The number of methoxy groups -OCH3 is 1. The summed E-state index contributed by atoms with van der Waals surface area (Å²) < 4.78 is 11.2. The number of hydrogen-bond acceptors (Lipinski definition) is 4. The molecule has 6 heteroatoms. The second-order valence-electron chi connectivity index (χ2n) is 8.09. The van der Waals surface area contributed by atoms with E-state index >= 15 is 0 Å². The number of amides is 2. The van der Waals surface area contributed by atoms with Crippen LogP contribution in [0.5, 0.6) is 11.5 Å². The van der Waals surface area contributed by atoms with Crippen LogP contribution in [0.2, 0.25) is 0 Å². The van der Waals surface area contributed by atoms with Crippen LogP contribution in [0.1, 0.15) is 37.8 Å². The number of ether oxygens (including phenoxy) is 2. The molecule has 31 heavy (non-hydrogen) atoms. The van der Waals surface area contributed by atoms with Gasteiger partial charge in [0.15, 0.2) is 11.5 Å². The van der Waals surface area contributed by atoms with Crippen LogP contribution in [-0.4, -0.2) is 32.1 Å². The smallest absolute Gasteiger partial charge is 0.248 e. The summed E-state index contributed by atoms with van der Waals surface area (Å²) in [5.41, 5.74) is 3.39. The van der Waals surface area contributed by atoms with Crippen LogP contribution in [0, 0.1) is 12.8 Å². The highest BCUT2D eigenvalue weighted by atomic mass is 16.5. The van der Waals surface area contributed by atoms with E-state index in [-0.39, 0.29) is 11.8 Å². The van der Waals surface area contributed by atoms with Crippen molar-refractivity contribution in [3.8, 4) is 11.5 Å². The molecule has 0 aliphatic carbocycles. The molecule has 0 saturated carbocycles. The fourth-order valence-electron chi connectivity index (χ4n) is 3.46. The number of nitrogens with zero attached hydrogens (tertiary/aromatic N) is 1. The van der Waals surface area contributed by atoms with Gasteiger partial charge in [0.05, 0.1) is 13.7 Å². The van der Waals surface area contributed by atoms with Crippen molar-refractivity contribution in [1.82, 2.24) is 0 Å². The number of carbonyl (C=O) groups is 2. The van der Waals surface area contributed by atoms with Crippen molar-refractivity contribution in [3.63, 3.8) is 0 Å². The van der Waals surface area contributed by atoms with Gasteiger partial charge in [-0.15, -0.1) is 0 Å². The maximum absolute atomic E-state index is 12.4. The third-order valence-corrected chi connectivity index (χ3v) is 5.02. The van der Waals surface area contributed by atoms with Crippen LogP contribution in [0.4, 0.5) is 11.4 Å². The minimum absolute atomic E-state index is 0.152. The lowest BCUT2D eigenvalue weighted by Gasteiger charge is -2.19. The van der Waals surface area contributed by atoms with Crippen molar-refractivity contribution in [1.29, 1.82) is 0 Å². The molecule has 2 aromatic rings. The van der Waals surface area contributed by atoms with E-state index in [1.807, 2.05) is 48.2 Å². The Morgan fingerprint density at radius 2 is 2.00 bits per heavy atom. The first-order chi connectivity index (χ1) is 14.9. The molecule has 0 unspecified atom stereocenters. The largest absolute Gasteiger partial charge is 0.493 e. The van der Waals surface area contributed by atoms with Crippen molar-refractivity contribution in [2.75, 3.05) is 30.5 Å². The molecule has 3 rings (SSSR count). The Labute approximate surface area is 183 Å². The first kappa shape index (κ1) is 22.4. The van der Waals surface area contributed by atoms with E-state index in [2.05, 4.69) is 19.2 Å². The zero-order valence-corrected chi connectivity index (χ0v) is 18.6. The molecule has 6 nitrogen and oxygen atoms in total. The normalized spacial score (nSPS) is 13.8. The molecule has 2 aromatic carbocycles. The van der Waals surface area contributed by atoms with Gasteiger partial charge < -0.3 is 19.7 Å². The number of anilines is 2. The third kappa shape index (κ3) is 5.87. The van der Waals surface area contributed by atoms with Crippen LogP contribution >= 0.6 is 0 Å². The van der Waals surface area contributed by atoms with E-state index in [1.165, 1.54) is 6.08 Å². The summed E-state index contributed by atoms with van der Waals surface area (Å²) in [6.45, 7) is 7.48. The van der Waals surface area contributed by atoms with Crippen molar-refractivity contribution in [2.45, 2.75) is 33.6 Å². The number of carbonyl (C=O) groups excluding carboxylic acids is 2. The number of nitrogens with one attached hydrogen (secondary N) is 1. The zero-order valence-electron chi connectivity index (χ0n) is 18.6. The molecule has 0 bridgehead atoms. The van der Waals surface area contributed by atoms with E-state index in [1.54, 1.807) is 13.2 Å². The Hall–Kier alpha value is -3.28. The molecule has 1 heterocycles. The lowest BCUT2D eigenvalue weighted by molar-refractivity contribution is -0.117. The Morgan fingerprint density at radius 3 is 2.65 bits per heavy atom. The number of aryl methyl sites for hydroxylation is 1. The molecular weight excluding hydrogens is 392 g/mol. The van der Waals surface area contributed by atoms with E-state index in [0.29, 0.717) is 36.1 Å². The Bertz CT molecular complexity index is 981. The van der Waals surface area contributed by atoms with Crippen molar-refractivity contribution >= 4 is 29.3 Å². The molecule has 0 radical (unpaired) electrons. The standard InChI is InChI=1S/C25H30N2O4/c1-17(2)16-31-22-11-7-19(15-23(22)30-4)8-12-24(28)26-20-9-10-21(18(3)14-20)27-13-5-6-25(27)29/h7-12,14-15,17H,5-6,13,16H2,1-4H3,(H,26,28)/b12-8+. The quantitative estimate of drug-likeness (QED) is 0.620. The summed E-state index contributed by atoms with van der Waals surface area (Å²) >= 11 is 0. The van der Waals surface area contributed by atoms with Crippen LogP contribution in [-0.2, 0) is 9.59 Å². The van der Waals surface area contributed by atoms with Crippen LogP contribution in [0.3, 0.4) is 0 Å². The molecule has 1 fully saturated rings. The molecule has 164 valence electrons. The number of hydrogen-bond donors (Lipinski definition) is 1. The van der Waals surface area contributed by atoms with Gasteiger partial charge in [0.2, 0.25) is 11.8 Å². The average Bonchev–Trinajstić information content (AvgIpc) is 3.16. The molecule has 0 atom stereocenters. The van der Waals surface area contributed by atoms with E-state index in [9.17, 15) is 9.59 Å². The monoisotopic (exact) mass is 422 g/mol. The second kappa shape index (κ2) is 10.2. The van der Waals surface area contributed by atoms with Crippen molar-refractivity contribution < 1.29 is 19.1 Å². The van der Waals surface area contributed by atoms with Gasteiger partial charge in [-0.05, 0) is 66.8 Å². The third-order valence-electron chi connectivity index (χ3n) is 5.02. The average molecular weight is 423 g/mol.